The van der Waals surface area contributed by atoms with Gasteiger partial charge in [0.15, 0.2) is 5.82 Å². The summed E-state index contributed by atoms with van der Waals surface area (Å²) in [6.45, 7) is 1.11. The number of halogens is 6. The third-order valence-corrected chi connectivity index (χ3v) is 6.85. The fraction of sp³-hybridized carbons (Fsp3) is 0.333. The van der Waals surface area contributed by atoms with Gasteiger partial charge in [0, 0.05) is 67.0 Å². The summed E-state index contributed by atoms with van der Waals surface area (Å²) in [6.07, 6.45) is -2.34. The van der Waals surface area contributed by atoms with E-state index in [1.807, 2.05) is 10.00 Å². The molecule has 1 saturated carbocycles. The van der Waals surface area contributed by atoms with Crippen molar-refractivity contribution < 1.29 is 26.3 Å². The van der Waals surface area contributed by atoms with Crippen molar-refractivity contribution in [2.45, 2.75) is 24.9 Å². The molecule has 14 heteroatoms. The lowest BCUT2D eigenvalue weighted by Gasteiger charge is -2.59. The van der Waals surface area contributed by atoms with Gasteiger partial charge in [0.1, 0.15) is 17.3 Å². The van der Waals surface area contributed by atoms with Gasteiger partial charge < -0.3 is 10.2 Å². The smallest absolute Gasteiger partial charge is 0.355 e. The average molecular weight is 534 g/mol. The number of H-pyrrole nitrogens is 1. The zero-order chi connectivity index (χ0) is 26.9. The second kappa shape index (κ2) is 8.20. The Hall–Kier alpha value is -4.10. The van der Waals surface area contributed by atoms with Crippen molar-refractivity contribution in [3.05, 3.63) is 54.2 Å². The predicted molar refractivity (Wildman–Crippen MR) is 125 cm³/mol. The minimum Gasteiger partial charge on any atom is -0.355 e. The number of aryl methyl sites for hydroxylation is 1. The molecule has 3 aromatic heterocycles. The van der Waals surface area contributed by atoms with E-state index in [1.54, 1.807) is 25.4 Å². The monoisotopic (exact) mass is 534 g/mol. The minimum absolute atomic E-state index is 0.0766. The molecule has 1 aliphatic carbocycles. The van der Waals surface area contributed by atoms with Gasteiger partial charge in [-0.25, -0.2) is 22.8 Å². The molecule has 0 radical (unpaired) electrons. The Bertz CT molecular complexity index is 1490. The quantitative estimate of drug-likeness (QED) is 0.333. The van der Waals surface area contributed by atoms with E-state index in [4.69, 9.17) is 0 Å². The summed E-state index contributed by atoms with van der Waals surface area (Å²) in [7, 11) is 1.63. The molecule has 0 amide bonds. The highest BCUT2D eigenvalue weighted by atomic mass is 19.4. The van der Waals surface area contributed by atoms with Gasteiger partial charge in [-0.3, -0.25) is 5.10 Å². The number of hydrogen-bond acceptors (Lipinski definition) is 6. The summed E-state index contributed by atoms with van der Waals surface area (Å²) < 4.78 is 82.1. The van der Waals surface area contributed by atoms with E-state index in [9.17, 15) is 26.3 Å². The van der Waals surface area contributed by atoms with Crippen LogP contribution in [0, 0.1) is 11.2 Å². The molecule has 0 unspecified atom stereocenters. The number of benzene rings is 1. The number of aromatic amines is 1. The van der Waals surface area contributed by atoms with Gasteiger partial charge in [0.2, 0.25) is 11.9 Å². The van der Waals surface area contributed by atoms with Crippen molar-refractivity contribution in [1.82, 2.24) is 29.9 Å². The molecule has 1 spiro atoms. The maximum Gasteiger partial charge on any atom is 0.433 e. The van der Waals surface area contributed by atoms with Crippen LogP contribution in [-0.4, -0.2) is 49.0 Å². The Morgan fingerprint density at radius 2 is 1.79 bits per heavy atom. The average Bonchev–Trinajstić information content (AvgIpc) is 3.43. The number of rotatable bonds is 5. The maximum atomic E-state index is 14.8. The van der Waals surface area contributed by atoms with Crippen LogP contribution in [0.4, 0.5) is 43.8 Å². The van der Waals surface area contributed by atoms with Gasteiger partial charge in [-0.05, 0) is 30.3 Å². The van der Waals surface area contributed by atoms with Crippen LogP contribution in [-0.2, 0) is 13.2 Å². The summed E-state index contributed by atoms with van der Waals surface area (Å²) in [5.41, 5.74) is -1.20. The van der Waals surface area contributed by atoms with Crippen molar-refractivity contribution >= 4 is 17.5 Å². The molecule has 198 valence electrons. The first-order chi connectivity index (χ1) is 17.9. The van der Waals surface area contributed by atoms with Gasteiger partial charge in [-0.1, -0.05) is 0 Å². The van der Waals surface area contributed by atoms with Crippen LogP contribution in [0.15, 0.2) is 42.7 Å². The highest BCUT2D eigenvalue weighted by molar-refractivity contribution is 5.70. The third-order valence-electron chi connectivity index (χ3n) is 6.85. The van der Waals surface area contributed by atoms with Crippen LogP contribution < -0.4 is 10.2 Å². The van der Waals surface area contributed by atoms with Crippen molar-refractivity contribution in [2.75, 3.05) is 23.3 Å². The first-order valence-electron chi connectivity index (χ1n) is 11.6. The fourth-order valence-electron chi connectivity index (χ4n) is 5.16. The van der Waals surface area contributed by atoms with E-state index in [0.29, 0.717) is 30.3 Å². The lowest BCUT2D eigenvalue weighted by molar-refractivity contribution is -0.170. The van der Waals surface area contributed by atoms with E-state index >= 15 is 0 Å². The largest absolute Gasteiger partial charge is 0.433 e. The van der Waals surface area contributed by atoms with E-state index in [0.717, 1.165) is 12.3 Å². The van der Waals surface area contributed by atoms with E-state index in [-0.39, 0.29) is 35.5 Å². The molecule has 0 bridgehead atoms. The van der Waals surface area contributed by atoms with Crippen molar-refractivity contribution in [2.24, 2.45) is 12.5 Å². The molecule has 1 aliphatic heterocycles. The Balaban J connectivity index is 1.15. The summed E-state index contributed by atoms with van der Waals surface area (Å²) in [5, 5.41) is 12.5. The van der Waals surface area contributed by atoms with Crippen molar-refractivity contribution in [1.29, 1.82) is 0 Å². The second-order valence-electron chi connectivity index (χ2n) is 9.83. The maximum absolute atomic E-state index is 14.8. The Labute approximate surface area is 211 Å². The van der Waals surface area contributed by atoms with E-state index in [2.05, 4.69) is 25.5 Å². The highest BCUT2D eigenvalue weighted by Gasteiger charge is 2.61. The molecule has 4 heterocycles. The van der Waals surface area contributed by atoms with Crippen LogP contribution in [0.2, 0.25) is 0 Å². The number of nitrogens with one attached hydrogen (secondary N) is 2. The molecule has 0 atom stereocenters. The standard InChI is InChI=1S/C24H20F6N8/c1-37-21(33-14-3-4-15(17(25)6-14)16-8-32-35-19(16)24(28,29)30)34-20(36-37)13-2-5-18(31-7-13)38-11-22(12-38)9-23(26,27)10-22/h2-8H,9-12H2,1H3,(H,32,35)(H,33,34,36). The topological polar surface area (TPSA) is 87.6 Å². The molecule has 2 N–H and O–H groups in total. The third kappa shape index (κ3) is 4.23. The molecular formula is C24H20F6N8. The lowest BCUT2D eigenvalue weighted by atomic mass is 9.61. The zero-order valence-corrected chi connectivity index (χ0v) is 19.8. The Kier molecular flexibility index (Phi) is 5.23. The van der Waals surface area contributed by atoms with E-state index < -0.39 is 29.2 Å². The number of nitrogens with zero attached hydrogens (tertiary/aromatic N) is 6. The van der Waals surface area contributed by atoms with E-state index in [1.165, 1.54) is 16.8 Å². The molecule has 2 fully saturated rings. The SMILES string of the molecule is Cn1nc(-c2ccc(N3CC4(C3)CC(F)(F)C4)nc2)nc1Nc1ccc(-c2cn[nH]c2C(F)(F)F)c(F)c1. The number of alkyl halides is 5. The van der Waals surface area contributed by atoms with Crippen LogP contribution in [0.5, 0.6) is 0 Å². The van der Waals surface area contributed by atoms with Gasteiger partial charge in [0.05, 0.1) is 6.20 Å². The minimum atomic E-state index is -4.71. The molecule has 8 nitrogen and oxygen atoms in total. The second-order valence-corrected chi connectivity index (χ2v) is 9.83. The van der Waals surface area contributed by atoms with Crippen molar-refractivity contribution in [3.8, 4) is 22.5 Å². The normalized spacial score (nSPS) is 17.8. The summed E-state index contributed by atoms with van der Waals surface area (Å²) >= 11 is 0. The molecule has 1 aromatic carbocycles. The van der Waals surface area contributed by atoms with Crippen LogP contribution >= 0.6 is 0 Å². The Morgan fingerprint density at radius 3 is 2.42 bits per heavy atom. The van der Waals surface area contributed by atoms with Gasteiger partial charge in [-0.2, -0.15) is 23.3 Å². The predicted octanol–water partition coefficient (Wildman–Crippen LogP) is 5.40. The molecule has 4 aromatic rings. The van der Waals surface area contributed by atoms with Crippen LogP contribution in [0.3, 0.4) is 0 Å². The fourth-order valence-corrected chi connectivity index (χ4v) is 5.16. The molecule has 6 rings (SSSR count). The van der Waals surface area contributed by atoms with Crippen LogP contribution in [0.25, 0.3) is 22.5 Å². The lowest BCUT2D eigenvalue weighted by Crippen LogP contribution is -2.66. The van der Waals surface area contributed by atoms with Crippen LogP contribution in [0.1, 0.15) is 18.5 Å². The Morgan fingerprint density at radius 1 is 1.03 bits per heavy atom. The first kappa shape index (κ1) is 24.2. The number of aromatic nitrogens is 6. The molecule has 2 aliphatic rings. The van der Waals surface area contributed by atoms with Gasteiger partial charge in [-0.15, -0.1) is 5.10 Å². The summed E-state index contributed by atoms with van der Waals surface area (Å²) in [6, 6.07) is 7.27. The van der Waals surface area contributed by atoms with Gasteiger partial charge >= 0.3 is 6.18 Å². The molecule has 1 saturated heterocycles. The van der Waals surface area contributed by atoms with Gasteiger partial charge in [0.25, 0.3) is 0 Å². The molecular weight excluding hydrogens is 514 g/mol. The summed E-state index contributed by atoms with van der Waals surface area (Å²) in [4.78, 5) is 10.8. The van der Waals surface area contributed by atoms with Crippen molar-refractivity contribution in [3.63, 3.8) is 0 Å². The number of hydrogen-bond donors (Lipinski definition) is 2. The first-order valence-corrected chi connectivity index (χ1v) is 11.6. The zero-order valence-electron chi connectivity index (χ0n) is 19.8. The summed E-state index contributed by atoms with van der Waals surface area (Å²) in [5.74, 6) is -2.12. The number of pyridine rings is 1. The number of anilines is 3. The molecule has 38 heavy (non-hydrogen) atoms. The highest BCUT2D eigenvalue weighted by Crippen LogP contribution is 2.57.